The van der Waals surface area contributed by atoms with E-state index in [2.05, 4.69) is 26.4 Å². The highest BCUT2D eigenvalue weighted by Crippen LogP contribution is 2.39. The monoisotopic (exact) mass is 458 g/mol. The summed E-state index contributed by atoms with van der Waals surface area (Å²) in [6.07, 6.45) is 2.83. The Morgan fingerprint density at radius 1 is 1.18 bits per heavy atom. The van der Waals surface area contributed by atoms with Crippen LogP contribution in [0.25, 0.3) is 32.9 Å². The van der Waals surface area contributed by atoms with Crippen molar-refractivity contribution >= 4 is 39.2 Å². The fraction of sp³-hybridized carbons (Fsp3) is 0.200. The highest BCUT2D eigenvalue weighted by Gasteiger charge is 2.23. The van der Waals surface area contributed by atoms with E-state index in [0.717, 1.165) is 11.2 Å². The quantitative estimate of drug-likeness (QED) is 0.468. The molecule has 2 aromatic heterocycles. The number of halogens is 1. The topological polar surface area (TPSA) is 97.5 Å². The van der Waals surface area contributed by atoms with Crippen molar-refractivity contribution < 1.29 is 13.9 Å². The van der Waals surface area contributed by atoms with E-state index in [1.165, 1.54) is 18.5 Å². The molecule has 2 N–H and O–H groups in total. The van der Waals surface area contributed by atoms with E-state index in [1.807, 2.05) is 12.1 Å². The molecule has 1 aliphatic rings. The molecule has 3 heterocycles. The number of ether oxygens (including phenoxy) is 1. The summed E-state index contributed by atoms with van der Waals surface area (Å²) >= 11 is 0. The minimum Gasteiger partial charge on any atom is -0.496 e. The molecule has 34 heavy (non-hydrogen) atoms. The van der Waals surface area contributed by atoms with Crippen molar-refractivity contribution in [2.24, 2.45) is 0 Å². The summed E-state index contributed by atoms with van der Waals surface area (Å²) in [5.41, 5.74) is 7.68. The molecule has 0 bridgehead atoms. The summed E-state index contributed by atoms with van der Waals surface area (Å²) in [6, 6.07) is 10.1. The Hall–Kier alpha value is -4.27. The van der Waals surface area contributed by atoms with Gasteiger partial charge in [-0.3, -0.25) is 4.79 Å². The minimum absolute atomic E-state index is 0.0763. The fourth-order valence-corrected chi connectivity index (χ4v) is 4.43. The molecule has 0 spiro atoms. The molecular formula is C25H23FN6O2. The van der Waals surface area contributed by atoms with Gasteiger partial charge in [0.25, 0.3) is 0 Å². The molecule has 0 radical (unpaired) electrons. The molecule has 172 valence electrons. The van der Waals surface area contributed by atoms with Gasteiger partial charge in [0.1, 0.15) is 29.5 Å². The van der Waals surface area contributed by atoms with E-state index in [9.17, 15) is 9.18 Å². The number of piperazine rings is 1. The number of hydrogen-bond donors (Lipinski definition) is 1. The lowest BCUT2D eigenvalue weighted by Crippen LogP contribution is -2.48. The highest BCUT2D eigenvalue weighted by atomic mass is 19.1. The van der Waals surface area contributed by atoms with Gasteiger partial charge in [-0.25, -0.2) is 19.3 Å². The number of nitrogen functional groups attached to an aromatic ring is 1. The summed E-state index contributed by atoms with van der Waals surface area (Å²) in [4.78, 5) is 29.2. The maximum absolute atomic E-state index is 14.8. The van der Waals surface area contributed by atoms with Crippen molar-refractivity contribution in [1.82, 2.24) is 19.9 Å². The number of rotatable bonds is 4. The van der Waals surface area contributed by atoms with Crippen LogP contribution in [0.15, 0.2) is 55.4 Å². The molecule has 4 aromatic rings. The van der Waals surface area contributed by atoms with Crippen LogP contribution in [0.3, 0.4) is 0 Å². The van der Waals surface area contributed by atoms with Gasteiger partial charge in [-0.15, -0.1) is 0 Å². The lowest BCUT2D eigenvalue weighted by molar-refractivity contribution is -0.126. The molecule has 9 heteroatoms. The number of fused-ring (bicyclic) bond motifs is 2. The molecule has 1 aliphatic heterocycles. The van der Waals surface area contributed by atoms with Gasteiger partial charge in [0.05, 0.1) is 18.3 Å². The zero-order valence-corrected chi connectivity index (χ0v) is 18.7. The summed E-state index contributed by atoms with van der Waals surface area (Å²) in [6.45, 7) is 5.96. The lowest BCUT2D eigenvalue weighted by atomic mass is 10.0. The molecule has 5 rings (SSSR count). The molecular weight excluding hydrogens is 435 g/mol. The van der Waals surface area contributed by atoms with Crippen LogP contribution in [0, 0.1) is 5.82 Å². The number of hydrogen-bond acceptors (Lipinski definition) is 7. The Morgan fingerprint density at radius 2 is 1.97 bits per heavy atom. The average Bonchev–Trinajstić information content (AvgIpc) is 2.86. The molecule has 0 unspecified atom stereocenters. The fourth-order valence-electron chi connectivity index (χ4n) is 4.43. The van der Waals surface area contributed by atoms with Crippen LogP contribution >= 0.6 is 0 Å². The SMILES string of the molecule is C=CC(=O)N1CCN(c2ncnc3cc(-c4nc(N)cc5cccc(F)c45)c(OC)cc23)CC1. The molecule has 1 amide bonds. The summed E-state index contributed by atoms with van der Waals surface area (Å²) in [5, 5.41) is 1.81. The number of aromatic nitrogens is 3. The number of nitrogens with zero attached hydrogens (tertiary/aromatic N) is 5. The van der Waals surface area contributed by atoms with Crippen LogP contribution < -0.4 is 15.4 Å². The van der Waals surface area contributed by atoms with Crippen LogP contribution in [0.5, 0.6) is 5.75 Å². The second kappa shape index (κ2) is 8.58. The standard InChI is InChI=1S/C25H23FN6O2/c1-3-22(33)31-7-9-32(10-8-31)25-16-13-20(34-2)17(12-19(16)28-14-29-25)24-23-15(11-21(27)30-24)5-4-6-18(23)26/h3-6,11-14H,1,7-10H2,2H3,(H2,27,30). The second-order valence-corrected chi connectivity index (χ2v) is 8.02. The van der Waals surface area contributed by atoms with Gasteiger partial charge in [-0.05, 0) is 35.7 Å². The van der Waals surface area contributed by atoms with E-state index < -0.39 is 5.82 Å². The van der Waals surface area contributed by atoms with Crippen LogP contribution in [0.1, 0.15) is 0 Å². The Labute approximate surface area is 195 Å². The van der Waals surface area contributed by atoms with Gasteiger partial charge in [-0.2, -0.15) is 0 Å². The Morgan fingerprint density at radius 3 is 2.71 bits per heavy atom. The lowest BCUT2D eigenvalue weighted by Gasteiger charge is -2.35. The van der Waals surface area contributed by atoms with E-state index in [0.29, 0.717) is 59.5 Å². The maximum atomic E-state index is 14.8. The van der Waals surface area contributed by atoms with Crippen molar-refractivity contribution in [1.29, 1.82) is 0 Å². The van der Waals surface area contributed by atoms with Crippen LogP contribution in [0.4, 0.5) is 16.0 Å². The third-order valence-electron chi connectivity index (χ3n) is 6.08. The molecule has 1 saturated heterocycles. The third-order valence-corrected chi connectivity index (χ3v) is 6.08. The van der Waals surface area contributed by atoms with Crippen molar-refractivity contribution in [3.8, 4) is 17.0 Å². The number of amides is 1. The van der Waals surface area contributed by atoms with Gasteiger partial charge in [0.2, 0.25) is 5.91 Å². The molecule has 8 nitrogen and oxygen atoms in total. The first-order valence-corrected chi connectivity index (χ1v) is 10.8. The first-order chi connectivity index (χ1) is 16.5. The van der Waals surface area contributed by atoms with Gasteiger partial charge in [0.15, 0.2) is 0 Å². The zero-order valence-electron chi connectivity index (χ0n) is 18.7. The molecule has 1 fully saturated rings. The predicted molar refractivity (Wildman–Crippen MR) is 130 cm³/mol. The molecule has 2 aromatic carbocycles. The number of pyridine rings is 1. The first kappa shape index (κ1) is 21.6. The van der Waals surface area contributed by atoms with E-state index in [4.69, 9.17) is 10.5 Å². The number of carbonyl (C=O) groups excluding carboxylic acids is 1. The average molecular weight is 458 g/mol. The van der Waals surface area contributed by atoms with Crippen molar-refractivity contribution in [3.05, 3.63) is 61.2 Å². The van der Waals surface area contributed by atoms with Crippen LogP contribution in [0.2, 0.25) is 0 Å². The largest absolute Gasteiger partial charge is 0.496 e. The Bertz CT molecular complexity index is 1430. The summed E-state index contributed by atoms with van der Waals surface area (Å²) < 4.78 is 20.5. The molecule has 0 aliphatic carbocycles. The first-order valence-electron chi connectivity index (χ1n) is 10.8. The Kier molecular flexibility index (Phi) is 5.45. The van der Waals surface area contributed by atoms with Gasteiger partial charge < -0.3 is 20.3 Å². The van der Waals surface area contributed by atoms with Gasteiger partial charge in [0, 0.05) is 42.5 Å². The molecule has 0 atom stereocenters. The minimum atomic E-state index is -0.391. The maximum Gasteiger partial charge on any atom is 0.246 e. The van der Waals surface area contributed by atoms with E-state index in [-0.39, 0.29) is 11.7 Å². The molecule has 0 saturated carbocycles. The normalized spacial score (nSPS) is 13.9. The zero-order chi connectivity index (χ0) is 23.8. The number of methoxy groups -OCH3 is 1. The summed E-state index contributed by atoms with van der Waals surface area (Å²) in [5.74, 6) is 1.07. The summed E-state index contributed by atoms with van der Waals surface area (Å²) in [7, 11) is 1.55. The third kappa shape index (κ3) is 3.64. The number of benzene rings is 2. The highest BCUT2D eigenvalue weighted by molar-refractivity contribution is 6.01. The van der Waals surface area contributed by atoms with Gasteiger partial charge in [-0.1, -0.05) is 18.7 Å². The van der Waals surface area contributed by atoms with Crippen molar-refractivity contribution in [3.63, 3.8) is 0 Å². The van der Waals surface area contributed by atoms with Crippen molar-refractivity contribution in [2.45, 2.75) is 0 Å². The Balaban J connectivity index is 1.62. The number of anilines is 2. The number of nitrogens with two attached hydrogens (primary N) is 1. The second-order valence-electron chi connectivity index (χ2n) is 8.02. The van der Waals surface area contributed by atoms with Gasteiger partial charge >= 0.3 is 0 Å². The van der Waals surface area contributed by atoms with Crippen molar-refractivity contribution in [2.75, 3.05) is 43.9 Å². The predicted octanol–water partition coefficient (Wildman–Crippen LogP) is 3.41. The van der Waals surface area contributed by atoms with E-state index >= 15 is 0 Å². The van der Waals surface area contributed by atoms with Crippen LogP contribution in [-0.4, -0.2) is 59.0 Å². The smallest absolute Gasteiger partial charge is 0.246 e. The van der Waals surface area contributed by atoms with Crippen LogP contribution in [-0.2, 0) is 4.79 Å². The van der Waals surface area contributed by atoms with E-state index in [1.54, 1.807) is 30.2 Å². The number of carbonyl (C=O) groups is 1.